The van der Waals surface area contributed by atoms with Gasteiger partial charge in [-0.15, -0.1) is 0 Å². The molecule has 0 saturated heterocycles. The number of rotatable bonds is 1. The van der Waals surface area contributed by atoms with E-state index in [2.05, 4.69) is 0 Å². The van der Waals surface area contributed by atoms with Crippen LogP contribution in [0.2, 0.25) is 10.0 Å². The van der Waals surface area contributed by atoms with E-state index in [1.54, 1.807) is 6.07 Å². The highest BCUT2D eigenvalue weighted by Crippen LogP contribution is 2.32. The summed E-state index contributed by atoms with van der Waals surface area (Å²) in [5.41, 5.74) is 2.06. The molecule has 0 atom stereocenters. The maximum absolute atomic E-state index is 9.00. The van der Waals surface area contributed by atoms with Crippen molar-refractivity contribution in [2.24, 2.45) is 0 Å². The van der Waals surface area contributed by atoms with Gasteiger partial charge in [-0.05, 0) is 11.6 Å². The van der Waals surface area contributed by atoms with Crippen molar-refractivity contribution in [3.05, 3.63) is 58.6 Å². The highest BCUT2D eigenvalue weighted by atomic mass is 35.5. The number of carboxylic acid groups (broad SMARTS) is 1. The number of halogens is 2. The minimum absolute atomic E-state index is 0.591. The Hall–Kier alpha value is -1.55. The lowest BCUT2D eigenvalue weighted by molar-refractivity contribution is -0.134. The Bertz CT molecular complexity index is 524. The van der Waals surface area contributed by atoms with Gasteiger partial charge in [0.2, 0.25) is 0 Å². The van der Waals surface area contributed by atoms with E-state index in [-0.39, 0.29) is 0 Å². The zero-order chi connectivity index (χ0) is 15.5. The number of carbonyl (C=O) groups is 1. The van der Waals surface area contributed by atoms with Crippen molar-refractivity contribution in [3.8, 4) is 11.1 Å². The lowest BCUT2D eigenvalue weighted by Crippen LogP contribution is -1.79. The van der Waals surface area contributed by atoms with Crippen LogP contribution >= 0.6 is 23.2 Å². The summed E-state index contributed by atoms with van der Waals surface area (Å²) >= 11 is 12.0. The molecule has 2 rings (SSSR count). The third-order valence-electron chi connectivity index (χ3n) is 2.04. The molecule has 2 aromatic rings. The van der Waals surface area contributed by atoms with Crippen molar-refractivity contribution in [1.82, 2.24) is 0 Å². The molecule has 108 valence electrons. The van der Waals surface area contributed by atoms with Gasteiger partial charge in [-0.2, -0.15) is 0 Å². The highest BCUT2D eigenvalue weighted by molar-refractivity contribution is 6.43. The molecule has 3 nitrogen and oxygen atoms in total. The second-order valence-electron chi connectivity index (χ2n) is 3.49. The molecule has 0 aliphatic rings. The number of hydrogen-bond acceptors (Lipinski definition) is 2. The van der Waals surface area contributed by atoms with Crippen LogP contribution in [0.25, 0.3) is 11.1 Å². The first-order chi connectivity index (χ1) is 9.52. The van der Waals surface area contributed by atoms with E-state index in [0.717, 1.165) is 25.2 Å². The maximum Gasteiger partial charge on any atom is 0.300 e. The first-order valence-corrected chi connectivity index (χ1v) is 6.41. The standard InChI is InChI=1S/C12H8Cl2.C2H4O2.CH4O/c13-11-8-4-7-10(12(11)14)9-5-2-1-3-6-9;1-2(3)4;1-2/h1-8H;1H3,(H,3,4);2H,1H3. The van der Waals surface area contributed by atoms with Crippen LogP contribution in [0.5, 0.6) is 0 Å². The van der Waals surface area contributed by atoms with Gasteiger partial charge in [0.05, 0.1) is 10.0 Å². The lowest BCUT2D eigenvalue weighted by atomic mass is 10.1. The van der Waals surface area contributed by atoms with Gasteiger partial charge in [-0.25, -0.2) is 0 Å². The van der Waals surface area contributed by atoms with Crippen LogP contribution < -0.4 is 0 Å². The number of aliphatic hydroxyl groups is 1. The Morgan fingerprint density at radius 2 is 1.45 bits per heavy atom. The smallest absolute Gasteiger partial charge is 0.300 e. The van der Waals surface area contributed by atoms with Gasteiger partial charge in [-0.3, -0.25) is 4.79 Å². The fraction of sp³-hybridized carbons (Fsp3) is 0.133. The molecule has 0 heterocycles. The monoisotopic (exact) mass is 314 g/mol. The molecular formula is C15H16Cl2O3. The van der Waals surface area contributed by atoms with Crippen molar-refractivity contribution in [1.29, 1.82) is 0 Å². The van der Waals surface area contributed by atoms with Crippen LogP contribution in [0.4, 0.5) is 0 Å². The van der Waals surface area contributed by atoms with Crippen molar-refractivity contribution in [2.75, 3.05) is 7.11 Å². The van der Waals surface area contributed by atoms with E-state index in [1.807, 2.05) is 42.5 Å². The second-order valence-corrected chi connectivity index (χ2v) is 4.27. The summed E-state index contributed by atoms with van der Waals surface area (Å²) in [5.74, 6) is -0.833. The molecule has 0 amide bonds. The van der Waals surface area contributed by atoms with Crippen LogP contribution in [0.15, 0.2) is 48.5 Å². The summed E-state index contributed by atoms with van der Waals surface area (Å²) in [6, 6.07) is 15.6. The van der Waals surface area contributed by atoms with Crippen LogP contribution in [0.1, 0.15) is 6.92 Å². The minimum Gasteiger partial charge on any atom is -0.481 e. The minimum atomic E-state index is -0.833. The normalized spacial score (nSPS) is 8.65. The van der Waals surface area contributed by atoms with E-state index in [0.29, 0.717) is 10.0 Å². The molecule has 0 unspecified atom stereocenters. The fourth-order valence-electron chi connectivity index (χ4n) is 1.34. The van der Waals surface area contributed by atoms with Crippen molar-refractivity contribution in [2.45, 2.75) is 6.92 Å². The molecule has 0 aliphatic carbocycles. The number of benzene rings is 2. The number of aliphatic carboxylic acids is 1. The van der Waals surface area contributed by atoms with Gasteiger partial charge in [0.1, 0.15) is 0 Å². The second kappa shape index (κ2) is 10.3. The Labute approximate surface area is 128 Å². The molecule has 0 spiro atoms. The highest BCUT2D eigenvalue weighted by Gasteiger charge is 2.05. The summed E-state index contributed by atoms with van der Waals surface area (Å²) in [5, 5.41) is 15.6. The SMILES string of the molecule is CC(=O)O.CO.Clc1cccc(-c2ccccc2)c1Cl. The number of hydrogen-bond donors (Lipinski definition) is 2. The Balaban J connectivity index is 0.000000521. The molecule has 2 aromatic carbocycles. The summed E-state index contributed by atoms with van der Waals surface area (Å²) < 4.78 is 0. The van der Waals surface area contributed by atoms with E-state index in [4.69, 9.17) is 38.2 Å². The molecule has 2 N–H and O–H groups in total. The van der Waals surface area contributed by atoms with Crippen LogP contribution in [-0.2, 0) is 4.79 Å². The Morgan fingerprint density at radius 1 is 0.950 bits per heavy atom. The van der Waals surface area contributed by atoms with Crippen molar-refractivity contribution in [3.63, 3.8) is 0 Å². The first-order valence-electron chi connectivity index (χ1n) is 5.66. The number of aliphatic hydroxyl groups excluding tert-OH is 1. The predicted octanol–water partition coefficient (Wildman–Crippen LogP) is 4.36. The van der Waals surface area contributed by atoms with Gasteiger partial charge in [-0.1, -0.05) is 65.7 Å². The Morgan fingerprint density at radius 3 is 1.95 bits per heavy atom. The molecule has 5 heteroatoms. The van der Waals surface area contributed by atoms with Crippen LogP contribution in [0.3, 0.4) is 0 Å². The predicted molar refractivity (Wildman–Crippen MR) is 83.4 cm³/mol. The van der Waals surface area contributed by atoms with E-state index >= 15 is 0 Å². The molecule has 20 heavy (non-hydrogen) atoms. The summed E-state index contributed by atoms with van der Waals surface area (Å²) in [7, 11) is 1.00. The molecule has 0 radical (unpaired) electrons. The molecule has 0 saturated carbocycles. The summed E-state index contributed by atoms with van der Waals surface area (Å²) in [6.07, 6.45) is 0. The lowest BCUT2D eigenvalue weighted by Gasteiger charge is -2.04. The Kier molecular flexibility index (Phi) is 9.47. The van der Waals surface area contributed by atoms with Crippen molar-refractivity contribution < 1.29 is 15.0 Å². The topological polar surface area (TPSA) is 57.5 Å². The van der Waals surface area contributed by atoms with Gasteiger partial charge in [0, 0.05) is 19.6 Å². The molecule has 0 aliphatic heterocycles. The van der Waals surface area contributed by atoms with Gasteiger partial charge in [0.15, 0.2) is 0 Å². The third kappa shape index (κ3) is 6.57. The molecular weight excluding hydrogens is 299 g/mol. The number of carboxylic acids is 1. The zero-order valence-corrected chi connectivity index (χ0v) is 12.7. The molecule has 0 bridgehead atoms. The van der Waals surface area contributed by atoms with Gasteiger partial charge in [0.25, 0.3) is 5.97 Å². The van der Waals surface area contributed by atoms with Gasteiger partial charge >= 0.3 is 0 Å². The fourth-order valence-corrected chi connectivity index (χ4v) is 1.75. The first kappa shape index (κ1) is 18.4. The maximum atomic E-state index is 9.00. The largest absolute Gasteiger partial charge is 0.481 e. The van der Waals surface area contributed by atoms with E-state index in [9.17, 15) is 0 Å². The molecule has 0 aromatic heterocycles. The van der Waals surface area contributed by atoms with E-state index < -0.39 is 5.97 Å². The van der Waals surface area contributed by atoms with Crippen LogP contribution in [0, 0.1) is 0 Å². The summed E-state index contributed by atoms with van der Waals surface area (Å²) in [6.45, 7) is 1.08. The quantitative estimate of drug-likeness (QED) is 0.822. The average molecular weight is 315 g/mol. The average Bonchev–Trinajstić information content (AvgIpc) is 2.44. The van der Waals surface area contributed by atoms with Crippen molar-refractivity contribution >= 4 is 29.2 Å². The zero-order valence-electron chi connectivity index (χ0n) is 11.2. The summed E-state index contributed by atoms with van der Waals surface area (Å²) in [4.78, 5) is 9.00. The van der Waals surface area contributed by atoms with Crippen LogP contribution in [-0.4, -0.2) is 23.3 Å². The third-order valence-corrected chi connectivity index (χ3v) is 2.86. The van der Waals surface area contributed by atoms with E-state index in [1.165, 1.54) is 0 Å². The van der Waals surface area contributed by atoms with Gasteiger partial charge < -0.3 is 10.2 Å². The molecule has 0 fully saturated rings.